The summed E-state index contributed by atoms with van der Waals surface area (Å²) in [5.74, 6) is 0.0723. The van der Waals surface area contributed by atoms with E-state index in [1.807, 2.05) is 0 Å². The Labute approximate surface area is 160 Å². The Bertz CT molecular complexity index is 394. The minimum absolute atomic E-state index is 0.0723. The highest BCUT2D eigenvalue weighted by Crippen LogP contribution is 2.41. The number of ether oxygens (including phenoxy) is 2. The van der Waals surface area contributed by atoms with Gasteiger partial charge < -0.3 is 19.7 Å². The van der Waals surface area contributed by atoms with Crippen LogP contribution in [0.15, 0.2) is 24.3 Å². The molecule has 1 aliphatic rings. The van der Waals surface area contributed by atoms with Gasteiger partial charge in [-0.2, -0.15) is 0 Å². The minimum Gasteiger partial charge on any atom is -0.396 e. The van der Waals surface area contributed by atoms with E-state index in [0.717, 1.165) is 51.6 Å². The van der Waals surface area contributed by atoms with Crippen LogP contribution in [0.4, 0.5) is 0 Å². The van der Waals surface area contributed by atoms with E-state index in [1.54, 1.807) is 14.2 Å². The number of unbranched alkanes of at least 4 members (excludes halogenated alkanes) is 6. The zero-order valence-electron chi connectivity index (χ0n) is 16.9. The molecule has 2 N–H and O–H groups in total. The van der Waals surface area contributed by atoms with Crippen molar-refractivity contribution in [1.82, 2.24) is 0 Å². The molecule has 0 aromatic heterocycles. The molecular weight excluding hydrogens is 328 g/mol. The molecule has 0 radical (unpaired) electrons. The maximum Gasteiger partial charge on any atom is 0.0770 e. The first-order valence-corrected chi connectivity index (χ1v) is 10.3. The quantitative estimate of drug-likeness (QED) is 0.332. The Balaban J connectivity index is 2.40. The first-order valence-electron chi connectivity index (χ1n) is 10.3. The molecule has 4 heteroatoms. The molecule has 0 aromatic carbocycles. The molecule has 1 saturated carbocycles. The Hall–Kier alpha value is -0.680. The first kappa shape index (κ1) is 23.4. The summed E-state index contributed by atoms with van der Waals surface area (Å²) in [6.07, 6.45) is 19.8. The lowest BCUT2D eigenvalue weighted by Gasteiger charge is -2.29. The molecule has 152 valence electrons. The lowest BCUT2D eigenvalue weighted by molar-refractivity contribution is -0.0141. The molecule has 0 aromatic rings. The van der Waals surface area contributed by atoms with Crippen molar-refractivity contribution >= 4 is 0 Å². The van der Waals surface area contributed by atoms with E-state index in [4.69, 9.17) is 14.6 Å². The summed E-state index contributed by atoms with van der Waals surface area (Å²) in [7, 11) is 3.50. The lowest BCUT2D eigenvalue weighted by Crippen LogP contribution is -2.35. The third-order valence-corrected chi connectivity index (χ3v) is 5.42. The van der Waals surface area contributed by atoms with Crippen LogP contribution < -0.4 is 0 Å². The zero-order valence-corrected chi connectivity index (χ0v) is 16.9. The van der Waals surface area contributed by atoms with Gasteiger partial charge in [0.05, 0.1) is 11.7 Å². The van der Waals surface area contributed by atoms with Gasteiger partial charge in [-0.1, -0.05) is 37.1 Å². The van der Waals surface area contributed by atoms with Crippen LogP contribution in [0, 0.1) is 5.92 Å². The maximum absolute atomic E-state index is 11.1. The number of rotatable bonds is 15. The van der Waals surface area contributed by atoms with Crippen LogP contribution in [0.5, 0.6) is 0 Å². The van der Waals surface area contributed by atoms with Crippen LogP contribution in [0.1, 0.15) is 70.6 Å². The Kier molecular flexibility index (Phi) is 12.9. The predicted octanol–water partition coefficient (Wildman–Crippen LogP) is 4.40. The van der Waals surface area contributed by atoms with Gasteiger partial charge >= 0.3 is 0 Å². The molecule has 0 aliphatic heterocycles. The van der Waals surface area contributed by atoms with E-state index < -0.39 is 5.60 Å². The van der Waals surface area contributed by atoms with Gasteiger partial charge in [-0.05, 0) is 57.8 Å². The van der Waals surface area contributed by atoms with Gasteiger partial charge in [0.25, 0.3) is 0 Å². The highest BCUT2D eigenvalue weighted by molar-refractivity contribution is 5.10. The molecule has 0 saturated heterocycles. The highest BCUT2D eigenvalue weighted by atomic mass is 16.5. The van der Waals surface area contributed by atoms with E-state index in [1.165, 1.54) is 19.3 Å². The summed E-state index contributed by atoms with van der Waals surface area (Å²) in [6, 6.07) is 0. The number of aliphatic hydroxyl groups is 2. The maximum atomic E-state index is 11.1. The van der Waals surface area contributed by atoms with Gasteiger partial charge in [-0.3, -0.25) is 0 Å². The van der Waals surface area contributed by atoms with Gasteiger partial charge in [0.1, 0.15) is 0 Å². The van der Waals surface area contributed by atoms with Crippen LogP contribution in [0.25, 0.3) is 0 Å². The zero-order chi connectivity index (χ0) is 19.1. The molecule has 26 heavy (non-hydrogen) atoms. The monoisotopic (exact) mass is 368 g/mol. The van der Waals surface area contributed by atoms with Crippen LogP contribution >= 0.6 is 0 Å². The SMILES string of the molecule is COCCCCCCC=C[C@@H]1[C@@H](OC)CCC1(O)CC=CCCCCO. The lowest BCUT2D eigenvalue weighted by atomic mass is 9.86. The second-order valence-corrected chi connectivity index (χ2v) is 7.46. The molecule has 0 bridgehead atoms. The molecule has 4 nitrogen and oxygen atoms in total. The van der Waals surface area contributed by atoms with E-state index in [9.17, 15) is 5.11 Å². The summed E-state index contributed by atoms with van der Waals surface area (Å²) >= 11 is 0. The Morgan fingerprint density at radius 2 is 1.69 bits per heavy atom. The molecule has 1 fully saturated rings. The van der Waals surface area contributed by atoms with Gasteiger partial charge in [0, 0.05) is 33.4 Å². The summed E-state index contributed by atoms with van der Waals surface area (Å²) in [6.45, 7) is 1.11. The van der Waals surface area contributed by atoms with Crippen LogP contribution in [0.2, 0.25) is 0 Å². The van der Waals surface area contributed by atoms with Gasteiger partial charge in [0.2, 0.25) is 0 Å². The second-order valence-electron chi connectivity index (χ2n) is 7.46. The first-order chi connectivity index (χ1) is 12.7. The summed E-state index contributed by atoms with van der Waals surface area (Å²) in [4.78, 5) is 0. The Morgan fingerprint density at radius 1 is 0.962 bits per heavy atom. The van der Waals surface area contributed by atoms with Crippen LogP contribution in [-0.2, 0) is 9.47 Å². The molecule has 0 amide bonds. The summed E-state index contributed by atoms with van der Waals surface area (Å²) < 4.78 is 10.7. The molecule has 0 heterocycles. The molecule has 1 aliphatic carbocycles. The smallest absolute Gasteiger partial charge is 0.0770 e. The Morgan fingerprint density at radius 3 is 2.42 bits per heavy atom. The van der Waals surface area contributed by atoms with E-state index in [2.05, 4.69) is 24.3 Å². The highest BCUT2D eigenvalue weighted by Gasteiger charge is 2.45. The van der Waals surface area contributed by atoms with Crippen molar-refractivity contribution in [3.05, 3.63) is 24.3 Å². The third-order valence-electron chi connectivity index (χ3n) is 5.42. The predicted molar refractivity (Wildman–Crippen MR) is 107 cm³/mol. The van der Waals surface area contributed by atoms with E-state index >= 15 is 0 Å². The van der Waals surface area contributed by atoms with Gasteiger partial charge in [-0.25, -0.2) is 0 Å². The van der Waals surface area contributed by atoms with Crippen molar-refractivity contribution in [3.63, 3.8) is 0 Å². The number of methoxy groups -OCH3 is 2. The van der Waals surface area contributed by atoms with Gasteiger partial charge in [0.15, 0.2) is 0 Å². The fourth-order valence-electron chi connectivity index (χ4n) is 3.77. The largest absolute Gasteiger partial charge is 0.396 e. The number of hydrogen-bond acceptors (Lipinski definition) is 4. The molecule has 1 rings (SSSR count). The average molecular weight is 369 g/mol. The van der Waals surface area contributed by atoms with Crippen LogP contribution in [0.3, 0.4) is 0 Å². The summed E-state index contributed by atoms with van der Waals surface area (Å²) in [5.41, 5.74) is -0.691. The van der Waals surface area contributed by atoms with Crippen molar-refractivity contribution in [1.29, 1.82) is 0 Å². The number of hydrogen-bond donors (Lipinski definition) is 2. The fourth-order valence-corrected chi connectivity index (χ4v) is 3.77. The van der Waals surface area contributed by atoms with Crippen LogP contribution in [-0.4, -0.2) is 49.4 Å². The van der Waals surface area contributed by atoms with E-state index in [0.29, 0.717) is 6.42 Å². The minimum atomic E-state index is -0.691. The molecule has 1 unspecified atom stereocenters. The van der Waals surface area contributed by atoms with Crippen molar-refractivity contribution < 1.29 is 19.7 Å². The molecule has 0 spiro atoms. The van der Waals surface area contributed by atoms with Crippen molar-refractivity contribution in [2.75, 3.05) is 27.4 Å². The normalized spacial score (nSPS) is 26.5. The van der Waals surface area contributed by atoms with Crippen molar-refractivity contribution in [3.8, 4) is 0 Å². The fraction of sp³-hybridized carbons (Fsp3) is 0.818. The topological polar surface area (TPSA) is 58.9 Å². The number of allylic oxidation sites excluding steroid dienone is 2. The average Bonchev–Trinajstić information content (AvgIpc) is 2.96. The molecule has 3 atom stereocenters. The third kappa shape index (κ3) is 8.81. The number of aliphatic hydroxyl groups excluding tert-OH is 1. The summed E-state index contributed by atoms with van der Waals surface area (Å²) in [5, 5.41) is 19.9. The van der Waals surface area contributed by atoms with E-state index in [-0.39, 0.29) is 18.6 Å². The van der Waals surface area contributed by atoms with Gasteiger partial charge in [-0.15, -0.1) is 0 Å². The molecular formula is C22H40O4. The standard InChI is InChI=1S/C22H40O4/c1-25-19-13-9-4-3-6-10-14-20-21(26-2)15-17-22(20,24)16-11-7-5-8-12-18-23/h7,10-11,14,20-21,23-24H,3-6,8-9,12-13,15-19H2,1-2H3/t20-,21+,22?/m1/s1. The second kappa shape index (κ2) is 14.4. The van der Waals surface area contributed by atoms with Crippen molar-refractivity contribution in [2.45, 2.75) is 82.3 Å². The van der Waals surface area contributed by atoms with Crippen molar-refractivity contribution in [2.24, 2.45) is 5.92 Å².